The van der Waals surface area contributed by atoms with Crippen molar-refractivity contribution in [2.24, 2.45) is 4.99 Å². The van der Waals surface area contributed by atoms with Gasteiger partial charge in [0.25, 0.3) is 0 Å². The van der Waals surface area contributed by atoms with Crippen molar-refractivity contribution < 1.29 is 9.47 Å². The first-order chi connectivity index (χ1) is 11.4. The van der Waals surface area contributed by atoms with Gasteiger partial charge in [0.15, 0.2) is 0 Å². The van der Waals surface area contributed by atoms with Crippen LogP contribution < -0.4 is 9.64 Å². The Balaban J connectivity index is 1.87. The Hall–Kier alpha value is -2.33. The Bertz CT molecular complexity index is 727. The molecule has 1 unspecified atom stereocenters. The van der Waals surface area contributed by atoms with E-state index in [9.17, 15) is 0 Å². The van der Waals surface area contributed by atoms with E-state index >= 15 is 0 Å². The predicted molar refractivity (Wildman–Crippen MR) is 91.9 cm³/mol. The molecule has 2 aromatic carbocycles. The van der Waals surface area contributed by atoms with Crippen LogP contribution >= 0.6 is 0 Å². The summed E-state index contributed by atoms with van der Waals surface area (Å²) in [4.78, 5) is 7.35. The molecule has 1 atom stereocenters. The summed E-state index contributed by atoms with van der Waals surface area (Å²) in [6, 6.07) is 16.9. The van der Waals surface area contributed by atoms with Crippen LogP contribution in [0.4, 0.5) is 5.69 Å². The highest BCUT2D eigenvalue weighted by Crippen LogP contribution is 2.33. The average molecular weight is 308 g/mol. The van der Waals surface area contributed by atoms with Gasteiger partial charge in [0.2, 0.25) is 0 Å². The van der Waals surface area contributed by atoms with E-state index in [0.29, 0.717) is 0 Å². The van der Waals surface area contributed by atoms with Gasteiger partial charge in [0.05, 0.1) is 44.3 Å². The maximum Gasteiger partial charge on any atom is 0.120 e. The van der Waals surface area contributed by atoms with E-state index in [1.807, 2.05) is 12.1 Å². The molecular formula is C19H20N2O2. The fourth-order valence-electron chi connectivity index (χ4n) is 3.32. The van der Waals surface area contributed by atoms with Crippen LogP contribution in [0.1, 0.15) is 11.1 Å². The summed E-state index contributed by atoms with van der Waals surface area (Å²) in [6.07, 6.45) is 0. The molecule has 4 nitrogen and oxygen atoms in total. The Morgan fingerprint density at radius 2 is 2.04 bits per heavy atom. The highest BCUT2D eigenvalue weighted by molar-refractivity contribution is 6.16. The third kappa shape index (κ3) is 2.59. The lowest BCUT2D eigenvalue weighted by molar-refractivity contribution is 0.0966. The molecule has 118 valence electrons. The number of aliphatic imine (C=N–C) groups is 1. The fourth-order valence-corrected chi connectivity index (χ4v) is 3.32. The third-order valence-corrected chi connectivity index (χ3v) is 4.50. The maximum absolute atomic E-state index is 5.66. The van der Waals surface area contributed by atoms with Crippen LogP contribution in [0.15, 0.2) is 53.5 Å². The molecule has 0 saturated carbocycles. The quantitative estimate of drug-likeness (QED) is 0.855. The van der Waals surface area contributed by atoms with Crippen LogP contribution in [0.2, 0.25) is 0 Å². The number of anilines is 1. The van der Waals surface area contributed by atoms with Crippen LogP contribution in [-0.4, -0.2) is 45.2 Å². The number of nitrogens with zero attached hydrogens (tertiary/aromatic N) is 2. The predicted octanol–water partition coefficient (Wildman–Crippen LogP) is 2.75. The van der Waals surface area contributed by atoms with Crippen molar-refractivity contribution in [2.75, 3.05) is 38.3 Å². The minimum absolute atomic E-state index is 0.288. The lowest BCUT2D eigenvalue weighted by atomic mass is 9.99. The van der Waals surface area contributed by atoms with E-state index < -0.39 is 0 Å². The van der Waals surface area contributed by atoms with Crippen LogP contribution in [0.5, 0.6) is 5.75 Å². The molecule has 0 bridgehead atoms. The van der Waals surface area contributed by atoms with Crippen molar-refractivity contribution in [3.63, 3.8) is 0 Å². The number of fused-ring (bicyclic) bond motifs is 3. The van der Waals surface area contributed by atoms with Gasteiger partial charge < -0.3 is 14.4 Å². The molecule has 0 amide bonds. The summed E-state index contributed by atoms with van der Waals surface area (Å²) >= 11 is 0. The van der Waals surface area contributed by atoms with Gasteiger partial charge in [-0.05, 0) is 12.1 Å². The monoisotopic (exact) mass is 308 g/mol. The van der Waals surface area contributed by atoms with E-state index in [1.165, 1.54) is 11.3 Å². The summed E-state index contributed by atoms with van der Waals surface area (Å²) in [5.41, 5.74) is 4.57. The first kappa shape index (κ1) is 14.3. The summed E-state index contributed by atoms with van der Waals surface area (Å²) in [6.45, 7) is 3.12. The highest BCUT2D eigenvalue weighted by atomic mass is 16.5. The molecule has 0 aromatic heterocycles. The number of ether oxygens (including phenoxy) is 2. The smallest absolute Gasteiger partial charge is 0.120 e. The zero-order valence-corrected chi connectivity index (χ0v) is 13.2. The van der Waals surface area contributed by atoms with Gasteiger partial charge in [-0.3, -0.25) is 4.99 Å². The zero-order chi connectivity index (χ0) is 15.6. The minimum atomic E-state index is 0.288. The van der Waals surface area contributed by atoms with E-state index in [4.69, 9.17) is 14.5 Å². The van der Waals surface area contributed by atoms with Crippen molar-refractivity contribution in [3.05, 3.63) is 59.7 Å². The first-order valence-corrected chi connectivity index (χ1v) is 7.99. The van der Waals surface area contributed by atoms with Gasteiger partial charge >= 0.3 is 0 Å². The topological polar surface area (TPSA) is 34.1 Å². The number of morpholine rings is 1. The zero-order valence-electron chi connectivity index (χ0n) is 13.2. The summed E-state index contributed by atoms with van der Waals surface area (Å²) in [7, 11) is 1.71. The molecule has 4 rings (SSSR count). The van der Waals surface area contributed by atoms with Gasteiger partial charge in [-0.25, -0.2) is 0 Å². The summed E-state index contributed by atoms with van der Waals surface area (Å²) < 4.78 is 11.1. The van der Waals surface area contributed by atoms with Gasteiger partial charge in [-0.2, -0.15) is 0 Å². The molecule has 2 aliphatic rings. The Morgan fingerprint density at radius 3 is 2.87 bits per heavy atom. The molecule has 1 fully saturated rings. The Morgan fingerprint density at radius 1 is 1.17 bits per heavy atom. The van der Waals surface area contributed by atoms with E-state index in [-0.39, 0.29) is 6.04 Å². The van der Waals surface area contributed by atoms with Crippen molar-refractivity contribution in [3.8, 4) is 5.75 Å². The Kier molecular flexibility index (Phi) is 3.75. The molecule has 0 spiro atoms. The molecular weight excluding hydrogens is 288 g/mol. The molecule has 4 heteroatoms. The van der Waals surface area contributed by atoms with Crippen LogP contribution in [0, 0.1) is 0 Å². The van der Waals surface area contributed by atoms with Crippen molar-refractivity contribution >= 4 is 11.4 Å². The second kappa shape index (κ2) is 6.05. The van der Waals surface area contributed by atoms with Gasteiger partial charge in [-0.15, -0.1) is 0 Å². The van der Waals surface area contributed by atoms with Crippen molar-refractivity contribution in [1.82, 2.24) is 0 Å². The van der Waals surface area contributed by atoms with Gasteiger partial charge in [0, 0.05) is 23.7 Å². The SMILES string of the molecule is COc1ccc2c(c1)N1CCOCC1CN=C2c1ccccc1. The summed E-state index contributed by atoms with van der Waals surface area (Å²) in [5.74, 6) is 0.878. The van der Waals surface area contributed by atoms with Crippen molar-refractivity contribution in [2.45, 2.75) is 6.04 Å². The second-order valence-corrected chi connectivity index (χ2v) is 5.86. The fraction of sp³-hybridized carbons (Fsp3) is 0.316. The lowest BCUT2D eigenvalue weighted by Gasteiger charge is -2.36. The number of benzene rings is 2. The van der Waals surface area contributed by atoms with Crippen molar-refractivity contribution in [1.29, 1.82) is 0 Å². The van der Waals surface area contributed by atoms with Crippen LogP contribution in [0.3, 0.4) is 0 Å². The van der Waals surface area contributed by atoms with Crippen LogP contribution in [0.25, 0.3) is 0 Å². The molecule has 0 N–H and O–H groups in total. The minimum Gasteiger partial charge on any atom is -0.497 e. The second-order valence-electron chi connectivity index (χ2n) is 5.86. The molecule has 0 aliphatic carbocycles. The standard InChI is InChI=1S/C19H20N2O2/c1-22-16-7-8-17-18(11-16)21-9-10-23-13-15(21)12-20-19(17)14-5-3-2-4-6-14/h2-8,11,15H,9-10,12-13H2,1H3. The molecule has 1 saturated heterocycles. The van der Waals surface area contributed by atoms with Gasteiger partial charge in [-0.1, -0.05) is 30.3 Å². The first-order valence-electron chi connectivity index (χ1n) is 7.99. The molecule has 0 radical (unpaired) electrons. The van der Waals surface area contributed by atoms with E-state index in [2.05, 4.69) is 41.3 Å². The number of hydrogen-bond acceptors (Lipinski definition) is 4. The number of methoxy groups -OCH3 is 1. The average Bonchev–Trinajstić information content (AvgIpc) is 2.79. The van der Waals surface area contributed by atoms with Gasteiger partial charge in [0.1, 0.15) is 5.75 Å². The van der Waals surface area contributed by atoms with E-state index in [0.717, 1.165) is 43.3 Å². The van der Waals surface area contributed by atoms with E-state index in [1.54, 1.807) is 7.11 Å². The normalized spacial score (nSPS) is 20.1. The van der Waals surface area contributed by atoms with Crippen LogP contribution in [-0.2, 0) is 4.74 Å². The number of rotatable bonds is 2. The molecule has 2 aliphatic heterocycles. The largest absolute Gasteiger partial charge is 0.497 e. The third-order valence-electron chi connectivity index (χ3n) is 4.50. The lowest BCUT2D eigenvalue weighted by Crippen LogP contribution is -2.47. The Labute approximate surface area is 136 Å². The molecule has 2 aromatic rings. The molecule has 2 heterocycles. The molecule has 23 heavy (non-hydrogen) atoms. The maximum atomic E-state index is 5.66. The highest BCUT2D eigenvalue weighted by Gasteiger charge is 2.29. The summed E-state index contributed by atoms with van der Waals surface area (Å²) in [5, 5.41) is 0. The number of hydrogen-bond donors (Lipinski definition) is 0.